The number of aryl methyl sites for hydroxylation is 1. The highest BCUT2D eigenvalue weighted by atomic mass is 16.2. The first-order valence-electron chi connectivity index (χ1n) is 8.96. The SMILES string of the molecule is Cc1[nH]ncc1-c1nccnc1C[C@H]1CCCN(C(=O)C(C)(C)C)C1. The van der Waals surface area contributed by atoms with E-state index in [4.69, 9.17) is 0 Å². The predicted molar refractivity (Wildman–Crippen MR) is 96.8 cm³/mol. The van der Waals surface area contributed by atoms with Gasteiger partial charge in [0.1, 0.15) is 0 Å². The Kier molecular flexibility index (Phi) is 4.88. The number of rotatable bonds is 3. The maximum Gasteiger partial charge on any atom is 0.227 e. The molecule has 1 aliphatic rings. The molecule has 1 amide bonds. The molecule has 1 aliphatic heterocycles. The lowest BCUT2D eigenvalue weighted by Gasteiger charge is -2.36. The van der Waals surface area contributed by atoms with Crippen molar-refractivity contribution < 1.29 is 4.79 Å². The van der Waals surface area contributed by atoms with Gasteiger partial charge in [-0.3, -0.25) is 19.9 Å². The van der Waals surface area contributed by atoms with Crippen LogP contribution in [0.4, 0.5) is 0 Å². The smallest absolute Gasteiger partial charge is 0.227 e. The average Bonchev–Trinajstić information content (AvgIpc) is 3.00. The number of nitrogens with zero attached hydrogens (tertiary/aromatic N) is 4. The molecule has 0 spiro atoms. The highest BCUT2D eigenvalue weighted by Crippen LogP contribution is 2.28. The molecule has 0 aromatic carbocycles. The molecule has 0 unspecified atom stereocenters. The number of H-pyrrole nitrogens is 1. The zero-order valence-electron chi connectivity index (χ0n) is 15.5. The number of hydrogen-bond donors (Lipinski definition) is 1. The molecule has 2 aromatic rings. The highest BCUT2D eigenvalue weighted by Gasteiger charge is 2.31. The van der Waals surface area contributed by atoms with Crippen molar-refractivity contribution in [3.05, 3.63) is 30.0 Å². The van der Waals surface area contributed by atoms with E-state index in [1.54, 1.807) is 18.6 Å². The first-order valence-corrected chi connectivity index (χ1v) is 8.96. The maximum absolute atomic E-state index is 12.6. The molecule has 6 nitrogen and oxygen atoms in total. The van der Waals surface area contributed by atoms with Crippen molar-refractivity contribution in [2.45, 2.75) is 47.0 Å². The lowest BCUT2D eigenvalue weighted by molar-refractivity contribution is -0.141. The number of piperidine rings is 1. The second-order valence-corrected chi connectivity index (χ2v) is 7.97. The van der Waals surface area contributed by atoms with Gasteiger partial charge in [0.2, 0.25) is 5.91 Å². The molecular formula is C19H27N5O. The predicted octanol–water partition coefficient (Wildman–Crippen LogP) is 3.00. The summed E-state index contributed by atoms with van der Waals surface area (Å²) in [5.74, 6) is 0.657. The Morgan fingerprint density at radius 1 is 1.32 bits per heavy atom. The Hall–Kier alpha value is -2.24. The van der Waals surface area contributed by atoms with Crippen molar-refractivity contribution in [2.75, 3.05) is 13.1 Å². The number of aromatic amines is 1. The standard InChI is InChI=1S/C19H27N5O/c1-13-15(11-22-23-13)17-16(20-7-8-21-17)10-14-6-5-9-24(12-14)18(25)19(2,3)4/h7-8,11,14H,5-6,9-10,12H2,1-4H3,(H,22,23)/t14-/m1/s1. The van der Waals surface area contributed by atoms with Gasteiger partial charge in [0.15, 0.2) is 0 Å². The van der Waals surface area contributed by atoms with E-state index in [1.165, 1.54) is 0 Å². The molecule has 0 radical (unpaired) electrons. The molecule has 3 rings (SSSR count). The Labute approximate surface area is 149 Å². The number of nitrogens with one attached hydrogen (secondary N) is 1. The molecular weight excluding hydrogens is 314 g/mol. The van der Waals surface area contributed by atoms with E-state index in [9.17, 15) is 4.79 Å². The van der Waals surface area contributed by atoms with E-state index in [0.717, 1.165) is 55.0 Å². The largest absolute Gasteiger partial charge is 0.342 e. The fourth-order valence-electron chi connectivity index (χ4n) is 3.49. The minimum atomic E-state index is -0.326. The number of carbonyl (C=O) groups excluding carboxylic acids is 1. The van der Waals surface area contributed by atoms with E-state index >= 15 is 0 Å². The quantitative estimate of drug-likeness (QED) is 0.931. The summed E-state index contributed by atoms with van der Waals surface area (Å²) < 4.78 is 0. The van der Waals surface area contributed by atoms with Gasteiger partial charge in [-0.1, -0.05) is 20.8 Å². The van der Waals surface area contributed by atoms with Crippen LogP contribution in [0.3, 0.4) is 0 Å². The van der Waals surface area contributed by atoms with Gasteiger partial charge in [0.25, 0.3) is 0 Å². The average molecular weight is 341 g/mol. The summed E-state index contributed by atoms with van der Waals surface area (Å²) in [4.78, 5) is 23.7. The van der Waals surface area contributed by atoms with Crippen LogP contribution < -0.4 is 0 Å². The summed E-state index contributed by atoms with van der Waals surface area (Å²) in [6, 6.07) is 0. The summed E-state index contributed by atoms with van der Waals surface area (Å²) in [7, 11) is 0. The van der Waals surface area contributed by atoms with Crippen LogP contribution in [0.15, 0.2) is 18.6 Å². The Bertz CT molecular complexity index is 746. The van der Waals surface area contributed by atoms with Gasteiger partial charge in [0.05, 0.1) is 17.6 Å². The lowest BCUT2D eigenvalue weighted by atomic mass is 9.88. The van der Waals surface area contributed by atoms with Gasteiger partial charge < -0.3 is 4.90 Å². The molecule has 25 heavy (non-hydrogen) atoms. The van der Waals surface area contributed by atoms with Gasteiger partial charge in [-0.05, 0) is 32.1 Å². The van der Waals surface area contributed by atoms with Crippen molar-refractivity contribution in [1.29, 1.82) is 0 Å². The molecule has 2 aromatic heterocycles. The van der Waals surface area contributed by atoms with Gasteiger partial charge in [-0.2, -0.15) is 5.10 Å². The number of hydrogen-bond acceptors (Lipinski definition) is 4. The second-order valence-electron chi connectivity index (χ2n) is 7.97. The van der Waals surface area contributed by atoms with Crippen LogP contribution in [-0.2, 0) is 11.2 Å². The van der Waals surface area contributed by atoms with Gasteiger partial charge in [0, 0.05) is 42.2 Å². The van der Waals surface area contributed by atoms with Crippen LogP contribution in [0.2, 0.25) is 0 Å². The molecule has 1 fully saturated rings. The van der Waals surface area contributed by atoms with Gasteiger partial charge in [-0.25, -0.2) is 0 Å². The fraction of sp³-hybridized carbons (Fsp3) is 0.579. The third-order valence-electron chi connectivity index (χ3n) is 4.79. The third kappa shape index (κ3) is 3.89. The first kappa shape index (κ1) is 17.6. The molecule has 134 valence electrons. The van der Waals surface area contributed by atoms with E-state index in [0.29, 0.717) is 5.92 Å². The van der Waals surface area contributed by atoms with Gasteiger partial charge in [-0.15, -0.1) is 0 Å². The van der Waals surface area contributed by atoms with E-state index < -0.39 is 0 Å². The summed E-state index contributed by atoms with van der Waals surface area (Å²) in [5.41, 5.74) is 3.56. The Morgan fingerprint density at radius 2 is 2.08 bits per heavy atom. The molecule has 0 aliphatic carbocycles. The van der Waals surface area contributed by atoms with Crippen molar-refractivity contribution >= 4 is 5.91 Å². The van der Waals surface area contributed by atoms with Crippen LogP contribution in [0, 0.1) is 18.3 Å². The molecule has 6 heteroatoms. The molecule has 1 saturated heterocycles. The maximum atomic E-state index is 12.6. The van der Waals surface area contributed by atoms with Gasteiger partial charge >= 0.3 is 0 Å². The van der Waals surface area contributed by atoms with Crippen molar-refractivity contribution in [2.24, 2.45) is 11.3 Å². The van der Waals surface area contributed by atoms with Crippen LogP contribution in [0.5, 0.6) is 0 Å². The molecule has 3 heterocycles. The van der Waals surface area contributed by atoms with Crippen molar-refractivity contribution in [1.82, 2.24) is 25.1 Å². The minimum Gasteiger partial charge on any atom is -0.342 e. The van der Waals surface area contributed by atoms with Crippen LogP contribution in [0.1, 0.15) is 45.0 Å². The van der Waals surface area contributed by atoms with Crippen LogP contribution in [-0.4, -0.2) is 44.1 Å². The second kappa shape index (κ2) is 6.94. The van der Waals surface area contributed by atoms with E-state index in [-0.39, 0.29) is 11.3 Å². The number of aromatic nitrogens is 4. The number of amides is 1. The Balaban J connectivity index is 1.77. The van der Waals surface area contributed by atoms with E-state index in [1.807, 2.05) is 32.6 Å². The summed E-state index contributed by atoms with van der Waals surface area (Å²) >= 11 is 0. The number of likely N-dealkylation sites (tertiary alicyclic amines) is 1. The third-order valence-corrected chi connectivity index (χ3v) is 4.79. The minimum absolute atomic E-state index is 0.238. The van der Waals surface area contributed by atoms with Crippen molar-refractivity contribution in [3.8, 4) is 11.3 Å². The summed E-state index contributed by atoms with van der Waals surface area (Å²) in [6.07, 6.45) is 8.28. The van der Waals surface area contributed by atoms with E-state index in [2.05, 4.69) is 20.2 Å². The molecule has 0 saturated carbocycles. The zero-order valence-corrected chi connectivity index (χ0v) is 15.5. The van der Waals surface area contributed by atoms with Crippen molar-refractivity contribution in [3.63, 3.8) is 0 Å². The normalized spacial score (nSPS) is 18.4. The Morgan fingerprint density at radius 3 is 2.76 bits per heavy atom. The molecule has 1 atom stereocenters. The monoisotopic (exact) mass is 341 g/mol. The molecule has 1 N–H and O–H groups in total. The first-order chi connectivity index (χ1) is 11.9. The summed E-state index contributed by atoms with van der Waals surface area (Å²) in [6.45, 7) is 9.62. The van der Waals surface area contributed by atoms with Crippen LogP contribution in [0.25, 0.3) is 11.3 Å². The zero-order chi connectivity index (χ0) is 18.0. The fourth-order valence-corrected chi connectivity index (χ4v) is 3.49. The highest BCUT2D eigenvalue weighted by molar-refractivity contribution is 5.81. The molecule has 0 bridgehead atoms. The summed E-state index contributed by atoms with van der Waals surface area (Å²) in [5, 5.41) is 7.07. The number of carbonyl (C=O) groups is 1. The lowest BCUT2D eigenvalue weighted by Crippen LogP contribution is -2.45. The topological polar surface area (TPSA) is 74.8 Å². The van der Waals surface area contributed by atoms with Crippen LogP contribution >= 0.6 is 0 Å².